The largest absolute Gasteiger partial charge is 0.493 e. The fourth-order valence-electron chi connectivity index (χ4n) is 3.17. The lowest BCUT2D eigenvalue weighted by atomic mass is 10.1. The third kappa shape index (κ3) is 3.29. The Labute approximate surface area is 171 Å². The van der Waals surface area contributed by atoms with Crippen LogP contribution in [0.5, 0.6) is 5.88 Å². The minimum atomic E-state index is -0.0110. The van der Waals surface area contributed by atoms with Gasteiger partial charge in [-0.1, -0.05) is 60.7 Å². The number of hydrogen-bond donors (Lipinski definition) is 2. The van der Waals surface area contributed by atoms with E-state index in [0.29, 0.717) is 16.8 Å². The smallest absolute Gasteiger partial charge is 0.316 e. The SMILES string of the molecule is Oc1c(/C=N/Nc2nc3ccccc3o2)c(-c2ccccc2)nn1-c1ccccc1. The first kappa shape index (κ1) is 17.7. The molecule has 2 aromatic heterocycles. The van der Waals surface area contributed by atoms with Crippen molar-refractivity contribution < 1.29 is 9.52 Å². The highest BCUT2D eigenvalue weighted by atomic mass is 16.4. The Hall–Kier alpha value is -4.39. The molecule has 0 saturated carbocycles. The van der Waals surface area contributed by atoms with Gasteiger partial charge < -0.3 is 9.52 Å². The van der Waals surface area contributed by atoms with Crippen molar-refractivity contribution >= 4 is 23.3 Å². The van der Waals surface area contributed by atoms with Crippen molar-refractivity contribution in [2.75, 3.05) is 5.43 Å². The fraction of sp³-hybridized carbons (Fsp3) is 0. The first-order chi connectivity index (χ1) is 14.8. The number of benzene rings is 3. The topological polar surface area (TPSA) is 88.5 Å². The van der Waals surface area contributed by atoms with Crippen molar-refractivity contribution in [3.63, 3.8) is 0 Å². The lowest BCUT2D eigenvalue weighted by Gasteiger charge is -2.01. The number of rotatable bonds is 5. The van der Waals surface area contributed by atoms with Crippen molar-refractivity contribution in [2.24, 2.45) is 5.10 Å². The number of nitrogens with zero attached hydrogens (tertiary/aromatic N) is 4. The molecule has 0 bridgehead atoms. The van der Waals surface area contributed by atoms with Gasteiger partial charge in [0, 0.05) is 5.56 Å². The van der Waals surface area contributed by atoms with E-state index in [0.717, 1.165) is 16.8 Å². The van der Waals surface area contributed by atoms with E-state index in [1.54, 1.807) is 0 Å². The highest BCUT2D eigenvalue weighted by Gasteiger charge is 2.18. The average Bonchev–Trinajstić information content (AvgIpc) is 3.36. The van der Waals surface area contributed by atoms with Gasteiger partial charge in [0.1, 0.15) is 11.2 Å². The van der Waals surface area contributed by atoms with Gasteiger partial charge in [0.15, 0.2) is 5.58 Å². The normalized spacial score (nSPS) is 11.3. The molecule has 30 heavy (non-hydrogen) atoms. The van der Waals surface area contributed by atoms with E-state index in [-0.39, 0.29) is 11.9 Å². The van der Waals surface area contributed by atoms with Gasteiger partial charge in [-0.15, -0.1) is 0 Å². The van der Waals surface area contributed by atoms with Crippen LogP contribution in [0.3, 0.4) is 0 Å². The van der Waals surface area contributed by atoms with Gasteiger partial charge in [0.2, 0.25) is 5.88 Å². The summed E-state index contributed by atoms with van der Waals surface area (Å²) in [7, 11) is 0. The van der Waals surface area contributed by atoms with Gasteiger partial charge in [0.05, 0.1) is 17.5 Å². The molecule has 7 nitrogen and oxygen atoms in total. The minimum absolute atomic E-state index is 0.0110. The Morgan fingerprint density at radius 3 is 2.37 bits per heavy atom. The average molecular weight is 395 g/mol. The molecule has 0 radical (unpaired) electrons. The summed E-state index contributed by atoms with van der Waals surface area (Å²) in [6, 6.07) is 26.8. The van der Waals surface area contributed by atoms with E-state index < -0.39 is 0 Å². The molecule has 2 N–H and O–H groups in total. The Bertz CT molecular complexity index is 1290. The number of hydrazone groups is 1. The predicted molar refractivity (Wildman–Crippen MR) is 116 cm³/mol. The molecule has 0 aliphatic rings. The van der Waals surface area contributed by atoms with E-state index in [9.17, 15) is 5.11 Å². The zero-order valence-electron chi connectivity index (χ0n) is 15.8. The van der Waals surface area contributed by atoms with Crippen molar-refractivity contribution in [1.82, 2.24) is 14.8 Å². The molecule has 0 fully saturated rings. The van der Waals surface area contributed by atoms with E-state index >= 15 is 0 Å². The molecule has 0 amide bonds. The lowest BCUT2D eigenvalue weighted by Crippen LogP contribution is -1.95. The van der Waals surface area contributed by atoms with Crippen LogP contribution in [-0.2, 0) is 0 Å². The van der Waals surface area contributed by atoms with Crippen molar-refractivity contribution in [2.45, 2.75) is 0 Å². The Kier molecular flexibility index (Phi) is 4.46. The second-order valence-electron chi connectivity index (χ2n) is 6.56. The number of anilines is 1. The number of aromatic hydroxyl groups is 1. The predicted octanol–water partition coefficient (Wildman–Crippen LogP) is 4.83. The van der Waals surface area contributed by atoms with Crippen LogP contribution < -0.4 is 5.43 Å². The Balaban J connectivity index is 1.52. The molecule has 0 aliphatic heterocycles. The van der Waals surface area contributed by atoms with Crippen LogP contribution >= 0.6 is 0 Å². The van der Waals surface area contributed by atoms with Crippen molar-refractivity contribution in [3.8, 4) is 22.8 Å². The van der Waals surface area contributed by atoms with E-state index in [1.807, 2.05) is 84.9 Å². The fourth-order valence-corrected chi connectivity index (χ4v) is 3.17. The summed E-state index contributed by atoms with van der Waals surface area (Å²) in [6.45, 7) is 0. The number of oxazole rings is 1. The summed E-state index contributed by atoms with van der Waals surface area (Å²) in [4.78, 5) is 4.32. The molecule has 2 heterocycles. The monoisotopic (exact) mass is 395 g/mol. The zero-order valence-corrected chi connectivity index (χ0v) is 15.8. The van der Waals surface area contributed by atoms with E-state index in [2.05, 4.69) is 20.6 Å². The third-order valence-corrected chi connectivity index (χ3v) is 4.59. The molecule has 0 aliphatic carbocycles. The van der Waals surface area contributed by atoms with Crippen molar-refractivity contribution in [3.05, 3.63) is 90.5 Å². The molecule has 5 aromatic rings. The molecular formula is C23H17N5O2. The van der Waals surface area contributed by atoms with Crippen LogP contribution in [0.2, 0.25) is 0 Å². The maximum Gasteiger partial charge on any atom is 0.316 e. The van der Waals surface area contributed by atoms with Crippen LogP contribution in [0, 0.1) is 0 Å². The van der Waals surface area contributed by atoms with Crippen molar-refractivity contribution in [1.29, 1.82) is 0 Å². The molecular weight excluding hydrogens is 378 g/mol. The Morgan fingerprint density at radius 1 is 0.900 bits per heavy atom. The zero-order chi connectivity index (χ0) is 20.3. The first-order valence-corrected chi connectivity index (χ1v) is 9.37. The maximum absolute atomic E-state index is 10.9. The second-order valence-corrected chi connectivity index (χ2v) is 6.56. The third-order valence-electron chi connectivity index (χ3n) is 4.59. The number of para-hydroxylation sites is 3. The van der Waals surface area contributed by atoms with Crippen LogP contribution in [0.4, 0.5) is 6.01 Å². The van der Waals surface area contributed by atoms with Gasteiger partial charge in [-0.3, -0.25) is 0 Å². The van der Waals surface area contributed by atoms with Gasteiger partial charge in [0.25, 0.3) is 0 Å². The standard InChI is InChI=1S/C23H17N5O2/c29-22-18(15-24-26-23-25-19-13-7-8-14-20(19)30-23)21(16-9-3-1-4-10-16)27-28(22)17-11-5-2-6-12-17/h1-15,29H,(H,25,26)/b24-15+. The molecule has 7 heteroatoms. The quantitative estimate of drug-likeness (QED) is 0.329. The molecule has 3 aromatic carbocycles. The van der Waals surface area contributed by atoms with Gasteiger partial charge in [-0.05, 0) is 24.3 Å². The summed E-state index contributed by atoms with van der Waals surface area (Å²) in [5.41, 5.74) is 6.89. The minimum Gasteiger partial charge on any atom is -0.493 e. The van der Waals surface area contributed by atoms with E-state index in [4.69, 9.17) is 4.42 Å². The molecule has 0 unspecified atom stereocenters. The lowest BCUT2D eigenvalue weighted by molar-refractivity contribution is 0.433. The summed E-state index contributed by atoms with van der Waals surface area (Å²) in [5, 5.41) is 19.7. The summed E-state index contributed by atoms with van der Waals surface area (Å²) >= 11 is 0. The second kappa shape index (κ2) is 7.56. The summed E-state index contributed by atoms with van der Waals surface area (Å²) in [5.74, 6) is -0.0110. The summed E-state index contributed by atoms with van der Waals surface area (Å²) < 4.78 is 7.10. The van der Waals surface area contributed by atoms with E-state index in [1.165, 1.54) is 10.9 Å². The molecule has 146 valence electrons. The number of fused-ring (bicyclic) bond motifs is 1. The van der Waals surface area contributed by atoms with Gasteiger partial charge >= 0.3 is 6.01 Å². The number of hydrogen-bond acceptors (Lipinski definition) is 6. The van der Waals surface area contributed by atoms with Crippen LogP contribution in [0.15, 0.2) is 94.4 Å². The van der Waals surface area contributed by atoms with Gasteiger partial charge in [-0.2, -0.15) is 15.2 Å². The highest BCUT2D eigenvalue weighted by molar-refractivity contribution is 5.92. The maximum atomic E-state index is 10.9. The highest BCUT2D eigenvalue weighted by Crippen LogP contribution is 2.30. The molecule has 5 rings (SSSR count). The molecule has 0 saturated heterocycles. The first-order valence-electron chi connectivity index (χ1n) is 9.37. The summed E-state index contributed by atoms with van der Waals surface area (Å²) in [6.07, 6.45) is 1.51. The van der Waals surface area contributed by atoms with Crippen LogP contribution in [0.25, 0.3) is 28.0 Å². The number of aromatic nitrogens is 3. The molecule has 0 atom stereocenters. The molecule has 0 spiro atoms. The van der Waals surface area contributed by atoms with Gasteiger partial charge in [-0.25, -0.2) is 10.1 Å². The van der Waals surface area contributed by atoms with Crippen LogP contribution in [0.1, 0.15) is 5.56 Å². The Morgan fingerprint density at radius 2 is 1.60 bits per heavy atom. The van der Waals surface area contributed by atoms with Crippen LogP contribution in [-0.4, -0.2) is 26.1 Å². The number of nitrogens with one attached hydrogen (secondary N) is 1.